The maximum absolute atomic E-state index is 12.0. The number of unbranched alkanes of at least 4 members (excludes halogenated alkanes) is 1. The van der Waals surface area contributed by atoms with Gasteiger partial charge in [0.05, 0.1) is 11.5 Å². The van der Waals surface area contributed by atoms with Crippen LogP contribution in [0.5, 0.6) is 5.75 Å². The number of anilines is 3. The van der Waals surface area contributed by atoms with Crippen LogP contribution in [0.15, 0.2) is 60.9 Å². The highest BCUT2D eigenvalue weighted by atomic mass is 16.6. The maximum Gasteiger partial charge on any atom is 0.353 e. The van der Waals surface area contributed by atoms with E-state index >= 15 is 0 Å². The van der Waals surface area contributed by atoms with Gasteiger partial charge >= 0.3 is 5.69 Å². The Bertz CT molecular complexity index is 1070. The van der Waals surface area contributed by atoms with Crippen LogP contribution in [-0.4, -0.2) is 34.6 Å². The van der Waals surface area contributed by atoms with Gasteiger partial charge in [-0.05, 0) is 61.4 Å². The molecule has 1 aromatic heterocycles. The number of aromatic nitrogens is 2. The first-order valence-electron chi connectivity index (χ1n) is 11.9. The molecule has 1 aliphatic heterocycles. The van der Waals surface area contributed by atoms with E-state index in [0.717, 1.165) is 50.9 Å². The standard InChI is InChI=1S/C26H31N5O3/c1-2-3-17-34-23-11-9-22(10-12-23)29-25-24(31(32)33)26(28-19-27-25)30-15-13-21(14-16-30)18-20-7-5-4-6-8-20/h4-12,19,21H,2-3,13-18H2,1H3,(H,27,28,29). The molecule has 0 radical (unpaired) electrons. The van der Waals surface area contributed by atoms with Gasteiger partial charge in [-0.1, -0.05) is 43.7 Å². The molecule has 0 aliphatic carbocycles. The lowest BCUT2D eigenvalue weighted by Crippen LogP contribution is -2.35. The number of rotatable bonds is 10. The van der Waals surface area contributed by atoms with Gasteiger partial charge in [0.2, 0.25) is 11.6 Å². The molecular weight excluding hydrogens is 430 g/mol. The third kappa shape index (κ3) is 6.01. The molecule has 3 aromatic rings. The van der Waals surface area contributed by atoms with Crippen LogP contribution in [0.4, 0.5) is 23.0 Å². The van der Waals surface area contributed by atoms with Crippen molar-refractivity contribution in [2.45, 2.75) is 39.0 Å². The molecule has 2 aromatic carbocycles. The molecule has 2 heterocycles. The molecule has 8 nitrogen and oxygen atoms in total. The Kier molecular flexibility index (Phi) is 7.91. The van der Waals surface area contributed by atoms with Crippen LogP contribution >= 0.6 is 0 Å². The van der Waals surface area contributed by atoms with Gasteiger partial charge < -0.3 is 15.0 Å². The summed E-state index contributed by atoms with van der Waals surface area (Å²) in [4.78, 5) is 22.1. The molecule has 0 bridgehead atoms. The number of ether oxygens (including phenoxy) is 1. The lowest BCUT2D eigenvalue weighted by atomic mass is 9.90. The lowest BCUT2D eigenvalue weighted by Gasteiger charge is -2.32. The minimum atomic E-state index is -0.393. The van der Waals surface area contributed by atoms with Crippen molar-refractivity contribution in [3.63, 3.8) is 0 Å². The second-order valence-electron chi connectivity index (χ2n) is 8.62. The minimum Gasteiger partial charge on any atom is -0.494 e. The van der Waals surface area contributed by atoms with Crippen molar-refractivity contribution >= 4 is 23.0 Å². The molecule has 0 unspecified atom stereocenters. The summed E-state index contributed by atoms with van der Waals surface area (Å²) in [6.45, 7) is 4.26. The Morgan fingerprint density at radius 1 is 1.09 bits per heavy atom. The molecule has 0 spiro atoms. The molecule has 34 heavy (non-hydrogen) atoms. The summed E-state index contributed by atoms with van der Waals surface area (Å²) in [6.07, 6.45) is 6.44. The summed E-state index contributed by atoms with van der Waals surface area (Å²) < 4.78 is 5.69. The van der Waals surface area contributed by atoms with Gasteiger partial charge in [0.25, 0.3) is 0 Å². The van der Waals surface area contributed by atoms with Crippen LogP contribution in [0.2, 0.25) is 0 Å². The fourth-order valence-electron chi connectivity index (χ4n) is 4.26. The van der Waals surface area contributed by atoms with E-state index in [1.165, 1.54) is 11.9 Å². The zero-order valence-electron chi connectivity index (χ0n) is 19.5. The normalized spacial score (nSPS) is 14.1. The Labute approximate surface area is 200 Å². The van der Waals surface area contributed by atoms with Crippen molar-refractivity contribution in [1.29, 1.82) is 0 Å². The number of nitrogens with one attached hydrogen (secondary N) is 1. The molecule has 1 N–H and O–H groups in total. The first kappa shape index (κ1) is 23.5. The summed E-state index contributed by atoms with van der Waals surface area (Å²) in [5.74, 6) is 1.91. The largest absolute Gasteiger partial charge is 0.494 e. The summed E-state index contributed by atoms with van der Waals surface area (Å²) in [5.41, 5.74) is 1.95. The Balaban J connectivity index is 1.44. The van der Waals surface area contributed by atoms with Gasteiger partial charge in [0.15, 0.2) is 0 Å². The molecule has 1 saturated heterocycles. The molecule has 178 valence electrons. The predicted octanol–water partition coefficient (Wildman–Crippen LogP) is 5.77. The summed E-state index contributed by atoms with van der Waals surface area (Å²) in [6, 6.07) is 17.8. The fraction of sp³-hybridized carbons (Fsp3) is 0.385. The van der Waals surface area contributed by atoms with Crippen molar-refractivity contribution in [2.24, 2.45) is 5.92 Å². The average Bonchev–Trinajstić information content (AvgIpc) is 2.86. The van der Waals surface area contributed by atoms with Crippen LogP contribution < -0.4 is 15.0 Å². The smallest absolute Gasteiger partial charge is 0.353 e. The van der Waals surface area contributed by atoms with Crippen LogP contribution in [0, 0.1) is 16.0 Å². The average molecular weight is 462 g/mol. The third-order valence-electron chi connectivity index (χ3n) is 6.15. The first-order chi connectivity index (χ1) is 16.6. The van der Waals surface area contributed by atoms with Crippen molar-refractivity contribution < 1.29 is 9.66 Å². The molecule has 1 fully saturated rings. The van der Waals surface area contributed by atoms with E-state index in [9.17, 15) is 10.1 Å². The van der Waals surface area contributed by atoms with E-state index in [1.807, 2.05) is 35.2 Å². The molecular formula is C26H31N5O3. The highest BCUT2D eigenvalue weighted by Gasteiger charge is 2.30. The van der Waals surface area contributed by atoms with Crippen molar-refractivity contribution in [3.05, 3.63) is 76.6 Å². The number of hydrogen-bond donors (Lipinski definition) is 1. The molecule has 0 saturated carbocycles. The van der Waals surface area contributed by atoms with Gasteiger partial charge in [-0.3, -0.25) is 10.1 Å². The van der Waals surface area contributed by atoms with Crippen LogP contribution in [0.3, 0.4) is 0 Å². The van der Waals surface area contributed by atoms with Gasteiger partial charge in [-0.2, -0.15) is 0 Å². The predicted molar refractivity (Wildman–Crippen MR) is 134 cm³/mol. The van der Waals surface area contributed by atoms with Gasteiger partial charge in [-0.25, -0.2) is 9.97 Å². The third-order valence-corrected chi connectivity index (χ3v) is 6.15. The minimum absolute atomic E-state index is 0.0905. The number of piperidine rings is 1. The van der Waals surface area contributed by atoms with E-state index in [2.05, 4.69) is 46.5 Å². The van der Waals surface area contributed by atoms with E-state index in [4.69, 9.17) is 4.74 Å². The quantitative estimate of drug-likeness (QED) is 0.233. The Morgan fingerprint density at radius 3 is 2.50 bits per heavy atom. The van der Waals surface area contributed by atoms with E-state index in [-0.39, 0.29) is 11.5 Å². The van der Waals surface area contributed by atoms with E-state index < -0.39 is 4.92 Å². The molecule has 8 heteroatoms. The molecule has 0 atom stereocenters. The van der Waals surface area contributed by atoms with Crippen molar-refractivity contribution in [1.82, 2.24) is 9.97 Å². The second kappa shape index (κ2) is 11.4. The highest BCUT2D eigenvalue weighted by Crippen LogP contribution is 2.36. The van der Waals surface area contributed by atoms with Crippen LogP contribution in [0.1, 0.15) is 38.2 Å². The van der Waals surface area contributed by atoms with Crippen molar-refractivity contribution in [2.75, 3.05) is 29.9 Å². The zero-order valence-corrected chi connectivity index (χ0v) is 19.5. The van der Waals surface area contributed by atoms with Gasteiger partial charge in [0, 0.05) is 18.8 Å². The number of benzene rings is 2. The lowest BCUT2D eigenvalue weighted by molar-refractivity contribution is -0.383. The monoisotopic (exact) mass is 461 g/mol. The second-order valence-corrected chi connectivity index (χ2v) is 8.62. The molecule has 1 aliphatic rings. The Morgan fingerprint density at radius 2 is 1.82 bits per heavy atom. The topological polar surface area (TPSA) is 93.4 Å². The van der Waals surface area contributed by atoms with Gasteiger partial charge in [-0.15, -0.1) is 0 Å². The van der Waals surface area contributed by atoms with Crippen molar-refractivity contribution in [3.8, 4) is 5.75 Å². The zero-order chi connectivity index (χ0) is 23.8. The summed E-state index contributed by atoms with van der Waals surface area (Å²) >= 11 is 0. The fourth-order valence-corrected chi connectivity index (χ4v) is 4.26. The highest BCUT2D eigenvalue weighted by molar-refractivity contribution is 5.74. The summed E-state index contributed by atoms with van der Waals surface area (Å²) in [5, 5.41) is 15.1. The summed E-state index contributed by atoms with van der Waals surface area (Å²) in [7, 11) is 0. The van der Waals surface area contributed by atoms with E-state index in [0.29, 0.717) is 24.0 Å². The van der Waals surface area contributed by atoms with Crippen LogP contribution in [-0.2, 0) is 6.42 Å². The Hall–Kier alpha value is -3.68. The van der Waals surface area contributed by atoms with E-state index in [1.54, 1.807) is 0 Å². The molecule has 0 amide bonds. The number of nitrogens with zero attached hydrogens (tertiary/aromatic N) is 4. The van der Waals surface area contributed by atoms with Crippen LogP contribution in [0.25, 0.3) is 0 Å². The molecule has 4 rings (SSSR count). The maximum atomic E-state index is 12.0. The van der Waals surface area contributed by atoms with Gasteiger partial charge in [0.1, 0.15) is 12.1 Å². The number of nitro groups is 1. The first-order valence-corrected chi connectivity index (χ1v) is 11.9. The number of hydrogen-bond acceptors (Lipinski definition) is 7. The SMILES string of the molecule is CCCCOc1ccc(Nc2ncnc(N3CCC(Cc4ccccc4)CC3)c2[N+](=O)[O-])cc1.